The normalized spacial score (nSPS) is 19.4. The molecule has 0 aliphatic carbocycles. The maximum absolute atomic E-state index is 5.52. The summed E-state index contributed by atoms with van der Waals surface area (Å²) in [6.45, 7) is 11.4. The monoisotopic (exact) mass is 276 g/mol. The number of likely N-dealkylation sites (N-methyl/N-ethyl adjacent to an activating group) is 1. The summed E-state index contributed by atoms with van der Waals surface area (Å²) in [7, 11) is 2.19. The van der Waals surface area contributed by atoms with Crippen LogP contribution < -0.4 is 10.2 Å². The number of nitrogens with zero attached hydrogens (tertiary/aromatic N) is 1. The number of hydrogen-bond acceptors (Lipinski definition) is 3. The molecule has 0 aromatic heterocycles. The molecule has 0 amide bonds. The molecule has 0 radical (unpaired) electrons. The van der Waals surface area contributed by atoms with E-state index in [0.717, 1.165) is 26.2 Å². The highest BCUT2D eigenvalue weighted by molar-refractivity contribution is 5.55. The third-order valence-electron chi connectivity index (χ3n) is 3.88. The van der Waals surface area contributed by atoms with Crippen LogP contribution >= 0.6 is 0 Å². The lowest BCUT2D eigenvalue weighted by molar-refractivity contribution is 0.193. The Hall–Kier alpha value is -1.06. The van der Waals surface area contributed by atoms with Crippen LogP contribution in [0.1, 0.15) is 38.3 Å². The van der Waals surface area contributed by atoms with Crippen LogP contribution in [0.15, 0.2) is 18.2 Å². The molecule has 1 heterocycles. The average molecular weight is 276 g/mol. The van der Waals surface area contributed by atoms with Crippen LogP contribution in [-0.2, 0) is 11.3 Å². The van der Waals surface area contributed by atoms with Crippen LogP contribution in [0.5, 0.6) is 0 Å². The first-order chi connectivity index (χ1) is 9.37. The molecule has 1 N–H and O–H groups in total. The smallest absolute Gasteiger partial charge is 0.0670 e. The SMILES string of the molecule is Cc1ccc(N(C)C2CCOC2)c(CNC(C)(C)C)c1. The molecule has 0 bridgehead atoms. The van der Waals surface area contributed by atoms with Crippen LogP contribution in [0, 0.1) is 6.92 Å². The van der Waals surface area contributed by atoms with E-state index in [0.29, 0.717) is 6.04 Å². The van der Waals surface area contributed by atoms with Crippen LogP contribution in [0.25, 0.3) is 0 Å². The van der Waals surface area contributed by atoms with Crippen molar-refractivity contribution in [1.82, 2.24) is 5.32 Å². The van der Waals surface area contributed by atoms with Gasteiger partial charge < -0.3 is 15.0 Å². The number of anilines is 1. The van der Waals surface area contributed by atoms with Gasteiger partial charge in [-0.25, -0.2) is 0 Å². The summed E-state index contributed by atoms with van der Waals surface area (Å²) in [6.07, 6.45) is 1.12. The van der Waals surface area contributed by atoms with E-state index in [2.05, 4.69) is 63.2 Å². The quantitative estimate of drug-likeness (QED) is 0.914. The van der Waals surface area contributed by atoms with Crippen molar-refractivity contribution >= 4 is 5.69 Å². The van der Waals surface area contributed by atoms with E-state index in [9.17, 15) is 0 Å². The Morgan fingerprint density at radius 2 is 2.10 bits per heavy atom. The maximum atomic E-state index is 5.52. The van der Waals surface area contributed by atoms with E-state index in [4.69, 9.17) is 4.74 Å². The summed E-state index contributed by atoms with van der Waals surface area (Å²) < 4.78 is 5.52. The van der Waals surface area contributed by atoms with Crippen molar-refractivity contribution < 1.29 is 4.74 Å². The van der Waals surface area contributed by atoms with Gasteiger partial charge in [0.15, 0.2) is 0 Å². The largest absolute Gasteiger partial charge is 0.379 e. The van der Waals surface area contributed by atoms with Gasteiger partial charge in [0.1, 0.15) is 0 Å². The van der Waals surface area contributed by atoms with Gasteiger partial charge in [0, 0.05) is 31.4 Å². The van der Waals surface area contributed by atoms with Crippen LogP contribution in [0.2, 0.25) is 0 Å². The molecule has 0 spiro atoms. The molecule has 1 aromatic rings. The van der Waals surface area contributed by atoms with Crippen molar-refractivity contribution in [2.24, 2.45) is 0 Å². The Bertz CT molecular complexity index is 445. The molecule has 20 heavy (non-hydrogen) atoms. The van der Waals surface area contributed by atoms with Gasteiger partial charge in [0.05, 0.1) is 12.6 Å². The maximum Gasteiger partial charge on any atom is 0.0670 e. The highest BCUT2D eigenvalue weighted by Crippen LogP contribution is 2.26. The molecule has 3 heteroatoms. The van der Waals surface area contributed by atoms with Gasteiger partial charge in [-0.3, -0.25) is 0 Å². The van der Waals surface area contributed by atoms with Crippen molar-refractivity contribution in [3.8, 4) is 0 Å². The molecule has 0 saturated carbocycles. The predicted molar refractivity (Wildman–Crippen MR) is 85.4 cm³/mol. The minimum atomic E-state index is 0.135. The van der Waals surface area contributed by atoms with Crippen molar-refractivity contribution in [2.75, 3.05) is 25.2 Å². The van der Waals surface area contributed by atoms with E-state index >= 15 is 0 Å². The lowest BCUT2D eigenvalue weighted by atomic mass is 10.0. The third-order valence-corrected chi connectivity index (χ3v) is 3.88. The Labute approximate surface area is 123 Å². The zero-order valence-electron chi connectivity index (χ0n) is 13.5. The van der Waals surface area contributed by atoms with E-state index in [-0.39, 0.29) is 5.54 Å². The van der Waals surface area contributed by atoms with Crippen molar-refractivity contribution in [2.45, 2.75) is 52.2 Å². The van der Waals surface area contributed by atoms with E-state index in [1.54, 1.807) is 0 Å². The number of aryl methyl sites for hydroxylation is 1. The lowest BCUT2D eigenvalue weighted by Crippen LogP contribution is -2.37. The van der Waals surface area contributed by atoms with Crippen molar-refractivity contribution in [3.05, 3.63) is 29.3 Å². The van der Waals surface area contributed by atoms with Crippen LogP contribution in [0.3, 0.4) is 0 Å². The Kier molecular flexibility index (Phi) is 4.71. The summed E-state index contributed by atoms with van der Waals surface area (Å²) in [5.74, 6) is 0. The number of nitrogens with one attached hydrogen (secondary N) is 1. The zero-order valence-corrected chi connectivity index (χ0v) is 13.5. The number of rotatable bonds is 4. The zero-order chi connectivity index (χ0) is 14.8. The van der Waals surface area contributed by atoms with Crippen molar-refractivity contribution in [1.29, 1.82) is 0 Å². The first-order valence-electron chi connectivity index (χ1n) is 7.52. The molecule has 3 nitrogen and oxygen atoms in total. The van der Waals surface area contributed by atoms with Crippen LogP contribution in [0.4, 0.5) is 5.69 Å². The van der Waals surface area contributed by atoms with Gasteiger partial charge in [-0.2, -0.15) is 0 Å². The predicted octanol–water partition coefficient (Wildman–Crippen LogP) is 3.11. The van der Waals surface area contributed by atoms with E-state index in [1.807, 2.05) is 0 Å². The third kappa shape index (κ3) is 3.97. The topological polar surface area (TPSA) is 24.5 Å². The molecular weight excluding hydrogens is 248 g/mol. The summed E-state index contributed by atoms with van der Waals surface area (Å²) in [5.41, 5.74) is 4.14. The van der Waals surface area contributed by atoms with E-state index in [1.165, 1.54) is 16.8 Å². The standard InChI is InChI=1S/C17H28N2O/c1-13-6-7-16(19(5)15-8-9-20-12-15)14(10-13)11-18-17(2,3)4/h6-7,10,15,18H,8-9,11-12H2,1-5H3. The minimum absolute atomic E-state index is 0.135. The highest BCUT2D eigenvalue weighted by atomic mass is 16.5. The minimum Gasteiger partial charge on any atom is -0.379 e. The summed E-state index contributed by atoms with van der Waals surface area (Å²) in [5, 5.41) is 3.59. The molecule has 2 rings (SSSR count). The number of benzene rings is 1. The van der Waals surface area contributed by atoms with Gasteiger partial charge in [0.25, 0.3) is 0 Å². The molecule has 1 fully saturated rings. The number of hydrogen-bond donors (Lipinski definition) is 1. The highest BCUT2D eigenvalue weighted by Gasteiger charge is 2.22. The fourth-order valence-corrected chi connectivity index (χ4v) is 2.58. The van der Waals surface area contributed by atoms with Crippen molar-refractivity contribution in [3.63, 3.8) is 0 Å². The molecule has 1 saturated heterocycles. The Morgan fingerprint density at radius 3 is 2.70 bits per heavy atom. The second-order valence-electron chi connectivity index (χ2n) is 6.86. The van der Waals surface area contributed by atoms with Gasteiger partial charge >= 0.3 is 0 Å². The molecule has 1 aromatic carbocycles. The summed E-state index contributed by atoms with van der Waals surface area (Å²) in [6, 6.07) is 7.24. The first-order valence-corrected chi connectivity index (χ1v) is 7.52. The molecule has 1 atom stereocenters. The van der Waals surface area contributed by atoms with Gasteiger partial charge in [-0.1, -0.05) is 17.7 Å². The molecule has 1 aliphatic heterocycles. The molecule has 112 valence electrons. The molecule has 1 aliphatic rings. The second-order valence-corrected chi connectivity index (χ2v) is 6.86. The summed E-state index contributed by atoms with van der Waals surface area (Å²) in [4.78, 5) is 2.38. The molecule has 1 unspecified atom stereocenters. The lowest BCUT2D eigenvalue weighted by Gasteiger charge is -2.29. The Morgan fingerprint density at radius 1 is 1.35 bits per heavy atom. The fraction of sp³-hybridized carbons (Fsp3) is 0.647. The fourth-order valence-electron chi connectivity index (χ4n) is 2.58. The summed E-state index contributed by atoms with van der Waals surface area (Å²) >= 11 is 0. The second kappa shape index (κ2) is 6.15. The van der Waals surface area contributed by atoms with Gasteiger partial charge in [0.2, 0.25) is 0 Å². The Balaban J connectivity index is 2.18. The number of ether oxygens (including phenoxy) is 1. The molecular formula is C17H28N2O. The van der Waals surface area contributed by atoms with Gasteiger partial charge in [-0.15, -0.1) is 0 Å². The van der Waals surface area contributed by atoms with Crippen LogP contribution in [-0.4, -0.2) is 31.8 Å². The first kappa shape index (κ1) is 15.3. The van der Waals surface area contributed by atoms with E-state index < -0.39 is 0 Å². The van der Waals surface area contributed by atoms with Gasteiger partial charge in [-0.05, 0) is 45.7 Å². The average Bonchev–Trinajstić information content (AvgIpc) is 2.88.